The highest BCUT2D eigenvalue weighted by atomic mass is 79.9. The van der Waals surface area contributed by atoms with E-state index in [-0.39, 0.29) is 10.7 Å². The summed E-state index contributed by atoms with van der Waals surface area (Å²) in [5.41, 5.74) is 0. The molecule has 0 aromatic carbocycles. The Morgan fingerprint density at radius 2 is 2.21 bits per heavy atom. The van der Waals surface area contributed by atoms with E-state index in [4.69, 9.17) is 0 Å². The number of halogens is 1. The first-order valence-electron chi connectivity index (χ1n) is 5.52. The highest BCUT2D eigenvalue weighted by Crippen LogP contribution is 2.24. The van der Waals surface area contributed by atoms with Crippen molar-refractivity contribution in [2.24, 2.45) is 5.92 Å². The van der Waals surface area contributed by atoms with E-state index in [0.717, 1.165) is 19.4 Å². The molecule has 82 valence electrons. The summed E-state index contributed by atoms with van der Waals surface area (Å²) >= 11 is 3.43. The van der Waals surface area contributed by atoms with Crippen molar-refractivity contribution in [2.45, 2.75) is 50.9 Å². The van der Waals surface area contributed by atoms with Crippen molar-refractivity contribution >= 4 is 21.8 Å². The second-order valence-corrected chi connectivity index (χ2v) is 5.37. The molecule has 3 heteroatoms. The molecule has 14 heavy (non-hydrogen) atoms. The third-order valence-electron chi connectivity index (χ3n) is 3.28. The molecular formula is C11H20BrNO. The first-order valence-corrected chi connectivity index (χ1v) is 6.44. The maximum Gasteiger partial charge on any atom is 0.236 e. The number of carbonyl (C=O) groups excluding carboxylic acids is 1. The second kappa shape index (κ2) is 5.15. The standard InChI is InChI=1S/C11H20BrNO/c1-4-10(12)11(14)13-7-5-6-8(2)9(13)3/h8-10H,4-7H2,1-3H3. The van der Waals surface area contributed by atoms with Crippen molar-refractivity contribution in [3.05, 3.63) is 0 Å². The van der Waals surface area contributed by atoms with Crippen molar-refractivity contribution in [2.75, 3.05) is 6.54 Å². The Morgan fingerprint density at radius 1 is 1.57 bits per heavy atom. The van der Waals surface area contributed by atoms with Gasteiger partial charge in [-0.25, -0.2) is 0 Å². The Morgan fingerprint density at radius 3 is 2.79 bits per heavy atom. The average molecular weight is 262 g/mol. The molecule has 0 radical (unpaired) electrons. The van der Waals surface area contributed by atoms with Crippen molar-refractivity contribution in [1.82, 2.24) is 4.90 Å². The molecule has 3 atom stereocenters. The summed E-state index contributed by atoms with van der Waals surface area (Å²) in [6.07, 6.45) is 3.28. The molecule has 1 aliphatic heterocycles. The summed E-state index contributed by atoms with van der Waals surface area (Å²) in [5.74, 6) is 0.913. The summed E-state index contributed by atoms with van der Waals surface area (Å²) in [4.78, 5) is 14.0. The van der Waals surface area contributed by atoms with E-state index in [1.54, 1.807) is 0 Å². The number of amides is 1. The molecule has 0 saturated carbocycles. The number of piperidine rings is 1. The third kappa shape index (κ3) is 2.50. The molecule has 0 spiro atoms. The lowest BCUT2D eigenvalue weighted by Crippen LogP contribution is -2.48. The molecule has 0 aromatic heterocycles. The van der Waals surface area contributed by atoms with Gasteiger partial charge in [0.15, 0.2) is 0 Å². The van der Waals surface area contributed by atoms with E-state index in [1.807, 2.05) is 11.8 Å². The van der Waals surface area contributed by atoms with Gasteiger partial charge in [0.25, 0.3) is 0 Å². The van der Waals surface area contributed by atoms with Crippen LogP contribution in [-0.4, -0.2) is 28.2 Å². The SMILES string of the molecule is CCC(Br)C(=O)N1CCCC(C)C1C. The van der Waals surface area contributed by atoms with Crippen LogP contribution in [0.15, 0.2) is 0 Å². The zero-order chi connectivity index (χ0) is 10.7. The van der Waals surface area contributed by atoms with Gasteiger partial charge < -0.3 is 4.90 Å². The number of hydrogen-bond acceptors (Lipinski definition) is 1. The molecule has 2 nitrogen and oxygen atoms in total. The van der Waals surface area contributed by atoms with Crippen LogP contribution in [-0.2, 0) is 4.79 Å². The lowest BCUT2D eigenvalue weighted by molar-refractivity contribution is -0.135. The summed E-state index contributed by atoms with van der Waals surface area (Å²) in [5, 5.41) is 0. The Kier molecular flexibility index (Phi) is 4.42. The van der Waals surface area contributed by atoms with Crippen LogP contribution in [0.2, 0.25) is 0 Å². The zero-order valence-electron chi connectivity index (χ0n) is 9.29. The fraction of sp³-hybridized carbons (Fsp3) is 0.909. The molecule has 0 bridgehead atoms. The molecular weight excluding hydrogens is 242 g/mol. The van der Waals surface area contributed by atoms with Gasteiger partial charge in [-0.05, 0) is 32.1 Å². The first kappa shape index (κ1) is 12.0. The largest absolute Gasteiger partial charge is 0.339 e. The number of likely N-dealkylation sites (tertiary alicyclic amines) is 1. The summed E-state index contributed by atoms with van der Waals surface area (Å²) in [6, 6.07) is 0.405. The van der Waals surface area contributed by atoms with Gasteiger partial charge >= 0.3 is 0 Å². The molecule has 1 rings (SSSR count). The molecule has 0 aromatic rings. The Labute approximate surface area is 95.2 Å². The van der Waals surface area contributed by atoms with Crippen LogP contribution in [0, 0.1) is 5.92 Å². The Hall–Kier alpha value is -0.0500. The molecule has 1 fully saturated rings. The third-order valence-corrected chi connectivity index (χ3v) is 4.32. The second-order valence-electron chi connectivity index (χ2n) is 4.27. The lowest BCUT2D eigenvalue weighted by Gasteiger charge is -2.38. The molecule has 3 unspecified atom stereocenters. The maximum absolute atomic E-state index is 12.0. The van der Waals surface area contributed by atoms with Gasteiger partial charge in [-0.3, -0.25) is 4.79 Å². The Balaban J connectivity index is 2.62. The monoisotopic (exact) mass is 261 g/mol. The predicted molar refractivity (Wildman–Crippen MR) is 62.6 cm³/mol. The molecule has 1 aliphatic rings. The predicted octanol–water partition coefficient (Wildman–Crippen LogP) is 2.81. The lowest BCUT2D eigenvalue weighted by atomic mass is 9.92. The molecule has 1 heterocycles. The first-order chi connectivity index (χ1) is 6.57. The molecule has 0 N–H and O–H groups in total. The fourth-order valence-electron chi connectivity index (χ4n) is 2.00. The quantitative estimate of drug-likeness (QED) is 0.701. The number of rotatable bonds is 2. The van der Waals surface area contributed by atoms with Gasteiger partial charge in [0.1, 0.15) is 0 Å². The van der Waals surface area contributed by atoms with E-state index in [0.29, 0.717) is 12.0 Å². The number of alkyl halides is 1. The minimum absolute atomic E-state index is 0.00949. The van der Waals surface area contributed by atoms with Gasteiger partial charge in [-0.2, -0.15) is 0 Å². The van der Waals surface area contributed by atoms with E-state index in [9.17, 15) is 4.79 Å². The maximum atomic E-state index is 12.0. The molecule has 0 aliphatic carbocycles. The Bertz CT molecular complexity index is 207. The minimum Gasteiger partial charge on any atom is -0.339 e. The average Bonchev–Trinajstić information content (AvgIpc) is 2.20. The molecule has 1 saturated heterocycles. The van der Waals surface area contributed by atoms with Gasteiger partial charge in [-0.1, -0.05) is 29.8 Å². The number of carbonyl (C=O) groups is 1. The zero-order valence-corrected chi connectivity index (χ0v) is 10.9. The van der Waals surface area contributed by atoms with Crippen LogP contribution >= 0.6 is 15.9 Å². The minimum atomic E-state index is 0.00949. The van der Waals surface area contributed by atoms with Crippen LogP contribution in [0.5, 0.6) is 0 Å². The summed E-state index contributed by atoms with van der Waals surface area (Å²) < 4.78 is 0. The topological polar surface area (TPSA) is 20.3 Å². The van der Waals surface area contributed by atoms with Crippen molar-refractivity contribution in [1.29, 1.82) is 0 Å². The van der Waals surface area contributed by atoms with Crippen LogP contribution in [0.3, 0.4) is 0 Å². The summed E-state index contributed by atoms with van der Waals surface area (Å²) in [7, 11) is 0. The normalized spacial score (nSPS) is 30.1. The van der Waals surface area contributed by atoms with Crippen LogP contribution in [0.25, 0.3) is 0 Å². The van der Waals surface area contributed by atoms with Gasteiger partial charge in [-0.15, -0.1) is 0 Å². The van der Waals surface area contributed by atoms with E-state index in [1.165, 1.54) is 6.42 Å². The van der Waals surface area contributed by atoms with E-state index >= 15 is 0 Å². The highest BCUT2D eigenvalue weighted by Gasteiger charge is 2.30. The summed E-state index contributed by atoms with van der Waals surface area (Å²) in [6.45, 7) is 7.37. The highest BCUT2D eigenvalue weighted by molar-refractivity contribution is 9.10. The fourth-order valence-corrected chi connectivity index (χ4v) is 2.26. The van der Waals surface area contributed by atoms with Gasteiger partial charge in [0.05, 0.1) is 4.83 Å². The van der Waals surface area contributed by atoms with Crippen LogP contribution < -0.4 is 0 Å². The number of hydrogen-bond donors (Lipinski definition) is 0. The van der Waals surface area contributed by atoms with Crippen molar-refractivity contribution in [3.63, 3.8) is 0 Å². The van der Waals surface area contributed by atoms with Crippen molar-refractivity contribution in [3.8, 4) is 0 Å². The number of nitrogens with zero attached hydrogens (tertiary/aromatic N) is 1. The van der Waals surface area contributed by atoms with E-state index < -0.39 is 0 Å². The van der Waals surface area contributed by atoms with Crippen LogP contribution in [0.1, 0.15) is 40.0 Å². The van der Waals surface area contributed by atoms with Crippen LogP contribution in [0.4, 0.5) is 0 Å². The van der Waals surface area contributed by atoms with Gasteiger partial charge in [0, 0.05) is 12.6 Å². The van der Waals surface area contributed by atoms with Crippen molar-refractivity contribution < 1.29 is 4.79 Å². The molecule has 1 amide bonds. The van der Waals surface area contributed by atoms with Gasteiger partial charge in [0.2, 0.25) is 5.91 Å². The smallest absolute Gasteiger partial charge is 0.236 e. The van der Waals surface area contributed by atoms with E-state index in [2.05, 4.69) is 29.8 Å².